The standard InChI is InChI=1S/C18H16NO.ClHO4/c1-14-6-4-5-11-19(14)13-18(20)17-10-9-15-7-2-3-8-16(15)12-17;2-1(3,4)5/h2-12H,13H2,1H3;(H,2,3,4,5)/q+1;/p-1. The van der Waals surface area contributed by atoms with E-state index >= 15 is 0 Å². The maximum Gasteiger partial charge on any atom is 0.227 e. The van der Waals surface area contributed by atoms with Gasteiger partial charge in [-0.25, -0.2) is 18.6 Å². The minimum Gasteiger partial charge on any atom is -0.287 e. The normalized spacial score (nSPS) is 10.9. The molecule has 7 heteroatoms. The molecular weight excluding hydrogens is 346 g/mol. The summed E-state index contributed by atoms with van der Waals surface area (Å²) in [4.78, 5) is 12.4. The molecule has 0 aliphatic carbocycles. The average molecular weight is 362 g/mol. The summed E-state index contributed by atoms with van der Waals surface area (Å²) in [5.74, 6) is 0.134. The quantitative estimate of drug-likeness (QED) is 0.419. The van der Waals surface area contributed by atoms with Gasteiger partial charge in [-0.15, -0.1) is 10.2 Å². The average Bonchev–Trinajstić information content (AvgIpc) is 2.55. The highest BCUT2D eigenvalue weighted by Crippen LogP contribution is 2.16. The van der Waals surface area contributed by atoms with Crippen molar-refractivity contribution in [1.82, 2.24) is 0 Å². The molecule has 0 aliphatic rings. The number of aryl methyl sites for hydroxylation is 1. The second kappa shape index (κ2) is 8.15. The Bertz CT molecular complexity index is 870. The van der Waals surface area contributed by atoms with E-state index in [9.17, 15) is 4.79 Å². The number of fused-ring (bicyclic) bond motifs is 1. The Balaban J connectivity index is 0.000000399. The number of nitrogens with zero attached hydrogens (tertiary/aromatic N) is 1. The first-order chi connectivity index (χ1) is 11.7. The van der Waals surface area contributed by atoms with E-state index in [1.165, 1.54) is 0 Å². The van der Waals surface area contributed by atoms with Gasteiger partial charge in [-0.1, -0.05) is 42.5 Å². The van der Waals surface area contributed by atoms with Crippen molar-refractivity contribution in [2.45, 2.75) is 13.5 Å². The second-order valence-electron chi connectivity index (χ2n) is 5.33. The van der Waals surface area contributed by atoms with Crippen molar-refractivity contribution in [3.8, 4) is 0 Å². The first kappa shape index (κ1) is 19.0. The van der Waals surface area contributed by atoms with Gasteiger partial charge in [0.1, 0.15) is 0 Å². The Morgan fingerprint density at radius 3 is 2.16 bits per heavy atom. The fourth-order valence-electron chi connectivity index (χ4n) is 2.35. The lowest BCUT2D eigenvalue weighted by Gasteiger charge is -2.17. The van der Waals surface area contributed by atoms with E-state index in [1.54, 1.807) is 0 Å². The third-order valence-corrected chi connectivity index (χ3v) is 3.55. The monoisotopic (exact) mass is 361 g/mol. The molecule has 1 aromatic heterocycles. The van der Waals surface area contributed by atoms with E-state index < -0.39 is 10.2 Å². The van der Waals surface area contributed by atoms with Crippen LogP contribution >= 0.6 is 0 Å². The van der Waals surface area contributed by atoms with Crippen molar-refractivity contribution >= 4 is 16.6 Å². The van der Waals surface area contributed by atoms with Crippen LogP contribution in [0.15, 0.2) is 66.9 Å². The Hall–Kier alpha value is -2.35. The van der Waals surface area contributed by atoms with Gasteiger partial charge in [0.2, 0.25) is 12.3 Å². The van der Waals surface area contributed by atoms with Gasteiger partial charge >= 0.3 is 0 Å². The largest absolute Gasteiger partial charge is 0.287 e. The van der Waals surface area contributed by atoms with Crippen LogP contribution in [0.3, 0.4) is 0 Å². The van der Waals surface area contributed by atoms with Gasteiger partial charge < -0.3 is 0 Å². The molecule has 0 bridgehead atoms. The summed E-state index contributed by atoms with van der Waals surface area (Å²) in [6.07, 6.45) is 1.94. The lowest BCUT2D eigenvalue weighted by molar-refractivity contribution is -2.00. The van der Waals surface area contributed by atoms with E-state index in [0.717, 1.165) is 22.0 Å². The summed E-state index contributed by atoms with van der Waals surface area (Å²) in [6.45, 7) is 2.39. The molecule has 3 rings (SSSR count). The number of benzene rings is 2. The molecule has 1 heterocycles. The summed E-state index contributed by atoms with van der Waals surface area (Å²) >= 11 is 0. The van der Waals surface area contributed by atoms with Crippen LogP contribution in [-0.4, -0.2) is 5.78 Å². The molecule has 0 saturated carbocycles. The number of aromatic nitrogens is 1. The third kappa shape index (κ3) is 6.22. The minimum absolute atomic E-state index is 0.134. The summed E-state index contributed by atoms with van der Waals surface area (Å²) in [6, 6.07) is 19.9. The number of rotatable bonds is 3. The predicted octanol–water partition coefficient (Wildman–Crippen LogP) is -1.44. The zero-order valence-electron chi connectivity index (χ0n) is 13.4. The molecule has 0 saturated heterocycles. The Morgan fingerprint density at radius 2 is 1.52 bits per heavy atom. The van der Waals surface area contributed by atoms with Gasteiger partial charge in [0, 0.05) is 24.6 Å². The van der Waals surface area contributed by atoms with E-state index in [2.05, 4.69) is 6.07 Å². The lowest BCUT2D eigenvalue weighted by Crippen LogP contribution is -2.68. The highest BCUT2D eigenvalue weighted by molar-refractivity contribution is 5.99. The zero-order chi connectivity index (χ0) is 18.4. The first-order valence-electron chi connectivity index (χ1n) is 7.33. The van der Waals surface area contributed by atoms with Gasteiger partial charge in [-0.05, 0) is 16.8 Å². The molecular formula is C18H16ClNO5. The van der Waals surface area contributed by atoms with Gasteiger partial charge in [0.25, 0.3) is 0 Å². The van der Waals surface area contributed by atoms with Crippen molar-refractivity contribution in [2.75, 3.05) is 0 Å². The molecule has 0 fully saturated rings. The Morgan fingerprint density at radius 1 is 0.920 bits per heavy atom. The molecule has 2 aromatic carbocycles. The second-order valence-corrected chi connectivity index (χ2v) is 6.09. The molecule has 130 valence electrons. The molecule has 0 N–H and O–H groups in total. The third-order valence-electron chi connectivity index (χ3n) is 3.55. The first-order valence-corrected chi connectivity index (χ1v) is 8.56. The number of carbonyl (C=O) groups is 1. The summed E-state index contributed by atoms with van der Waals surface area (Å²) < 4.78 is 35.9. The van der Waals surface area contributed by atoms with Crippen LogP contribution in [0.4, 0.5) is 0 Å². The highest BCUT2D eigenvalue weighted by Gasteiger charge is 2.14. The molecule has 0 unspecified atom stereocenters. The SMILES string of the molecule is Cc1cccc[n+]1CC(=O)c1ccc2ccccc2c1.[O-][Cl+3]([O-])([O-])[O-]. The van der Waals surface area contributed by atoms with Crippen LogP contribution < -0.4 is 23.2 Å². The van der Waals surface area contributed by atoms with Crippen LogP contribution in [0, 0.1) is 17.2 Å². The number of hydrogen-bond acceptors (Lipinski definition) is 5. The van der Waals surface area contributed by atoms with Crippen molar-refractivity contribution in [3.63, 3.8) is 0 Å². The van der Waals surface area contributed by atoms with Gasteiger partial charge in [0.05, 0.1) is 0 Å². The molecule has 0 spiro atoms. The number of ketones is 1. The van der Waals surface area contributed by atoms with Gasteiger partial charge in [0.15, 0.2) is 11.9 Å². The van der Waals surface area contributed by atoms with E-state index in [0.29, 0.717) is 6.54 Å². The van der Waals surface area contributed by atoms with Crippen LogP contribution in [0.5, 0.6) is 0 Å². The predicted molar refractivity (Wildman–Crippen MR) is 79.7 cm³/mol. The topological polar surface area (TPSA) is 113 Å². The van der Waals surface area contributed by atoms with Crippen LogP contribution in [0.25, 0.3) is 10.8 Å². The summed E-state index contributed by atoms with van der Waals surface area (Å²) in [5.41, 5.74) is 1.85. The smallest absolute Gasteiger partial charge is 0.227 e. The number of pyridine rings is 1. The lowest BCUT2D eigenvalue weighted by atomic mass is 10.0. The van der Waals surface area contributed by atoms with E-state index in [1.807, 2.05) is 72.3 Å². The van der Waals surface area contributed by atoms with Crippen molar-refractivity contribution in [2.24, 2.45) is 0 Å². The fourth-order valence-corrected chi connectivity index (χ4v) is 2.35. The maximum atomic E-state index is 12.4. The fraction of sp³-hybridized carbons (Fsp3) is 0.111. The number of halogens is 1. The van der Waals surface area contributed by atoms with Crippen molar-refractivity contribution in [3.05, 3.63) is 78.1 Å². The summed E-state index contributed by atoms with van der Waals surface area (Å²) in [7, 11) is -4.94. The van der Waals surface area contributed by atoms with Crippen LogP contribution in [0.1, 0.15) is 16.1 Å². The summed E-state index contributed by atoms with van der Waals surface area (Å²) in [5, 5.41) is 2.26. The van der Waals surface area contributed by atoms with Crippen LogP contribution in [0.2, 0.25) is 0 Å². The zero-order valence-corrected chi connectivity index (χ0v) is 14.2. The van der Waals surface area contributed by atoms with Crippen molar-refractivity contribution < 1.29 is 38.2 Å². The molecule has 3 aromatic rings. The van der Waals surface area contributed by atoms with Gasteiger partial charge in [-0.3, -0.25) is 4.79 Å². The maximum absolute atomic E-state index is 12.4. The molecule has 0 aliphatic heterocycles. The number of carbonyl (C=O) groups excluding carboxylic acids is 1. The number of Topliss-reactive ketones (excluding diaryl/α,β-unsaturated/α-hetero) is 1. The van der Waals surface area contributed by atoms with E-state index in [4.69, 9.17) is 18.6 Å². The molecule has 0 atom stereocenters. The molecule has 25 heavy (non-hydrogen) atoms. The molecule has 0 radical (unpaired) electrons. The molecule has 6 nitrogen and oxygen atoms in total. The Kier molecular flexibility index (Phi) is 6.19. The Labute approximate surface area is 146 Å². The van der Waals surface area contributed by atoms with Crippen molar-refractivity contribution in [1.29, 1.82) is 0 Å². The minimum atomic E-state index is -4.94. The highest BCUT2D eigenvalue weighted by atomic mass is 35.7. The van der Waals surface area contributed by atoms with Gasteiger partial charge in [-0.2, -0.15) is 4.57 Å². The van der Waals surface area contributed by atoms with E-state index in [-0.39, 0.29) is 5.78 Å². The molecule has 0 amide bonds. The van der Waals surface area contributed by atoms with Crippen LogP contribution in [-0.2, 0) is 6.54 Å². The number of hydrogen-bond donors (Lipinski definition) is 0.